The predicted molar refractivity (Wildman–Crippen MR) is 78.7 cm³/mol. The molecule has 20 heavy (non-hydrogen) atoms. The number of pyridine rings is 1. The fraction of sp³-hybridized carbons (Fsp3) is 0.188. The summed E-state index contributed by atoms with van der Waals surface area (Å²) in [7, 11) is 1.90. The number of benzene rings is 1. The summed E-state index contributed by atoms with van der Waals surface area (Å²) in [5, 5.41) is 5.53. The molecule has 0 amide bonds. The largest absolute Gasteiger partial charge is 0.295 e. The second kappa shape index (κ2) is 4.56. The fourth-order valence-corrected chi connectivity index (χ4v) is 2.31. The number of rotatable bonds is 2. The molecule has 0 atom stereocenters. The van der Waals surface area contributed by atoms with Crippen molar-refractivity contribution >= 4 is 16.7 Å². The van der Waals surface area contributed by atoms with E-state index in [1.807, 2.05) is 55.2 Å². The molecule has 0 spiro atoms. The van der Waals surface area contributed by atoms with Crippen molar-refractivity contribution in [3.05, 3.63) is 47.8 Å². The number of fused-ring (bicyclic) bond motifs is 1. The normalized spacial score (nSPS) is 10.9. The van der Waals surface area contributed by atoms with E-state index in [4.69, 9.17) is 0 Å². The van der Waals surface area contributed by atoms with Gasteiger partial charge in [-0.15, -0.1) is 0 Å². The summed E-state index contributed by atoms with van der Waals surface area (Å²) >= 11 is 0. The minimum Gasteiger partial charge on any atom is -0.295 e. The molecule has 0 fully saturated rings. The Kier molecular flexibility index (Phi) is 2.86. The van der Waals surface area contributed by atoms with E-state index in [0.717, 1.165) is 27.9 Å². The van der Waals surface area contributed by atoms with Gasteiger partial charge in [0.05, 0.1) is 5.52 Å². The zero-order valence-corrected chi connectivity index (χ0v) is 11.7. The van der Waals surface area contributed by atoms with Crippen molar-refractivity contribution in [2.75, 3.05) is 0 Å². The Bertz CT molecular complexity index is 800. The Morgan fingerprint density at radius 1 is 1.20 bits per heavy atom. The average molecular weight is 265 g/mol. The van der Waals surface area contributed by atoms with E-state index in [1.165, 1.54) is 0 Å². The second-order valence-corrected chi connectivity index (χ2v) is 4.95. The van der Waals surface area contributed by atoms with Crippen molar-refractivity contribution in [3.63, 3.8) is 0 Å². The van der Waals surface area contributed by atoms with Crippen LogP contribution < -0.4 is 0 Å². The molecule has 4 heteroatoms. The van der Waals surface area contributed by atoms with Gasteiger partial charge in [0.15, 0.2) is 5.78 Å². The zero-order valence-electron chi connectivity index (χ0n) is 11.7. The highest BCUT2D eigenvalue weighted by Gasteiger charge is 2.12. The molecule has 0 unspecified atom stereocenters. The van der Waals surface area contributed by atoms with E-state index in [0.29, 0.717) is 5.56 Å². The highest BCUT2D eigenvalue weighted by atomic mass is 16.1. The third-order valence-electron chi connectivity index (χ3n) is 3.44. The Morgan fingerprint density at radius 2 is 2.00 bits per heavy atom. The lowest BCUT2D eigenvalue weighted by molar-refractivity contribution is 0.101. The van der Waals surface area contributed by atoms with E-state index in [-0.39, 0.29) is 5.78 Å². The van der Waals surface area contributed by atoms with Gasteiger partial charge in [-0.25, -0.2) is 0 Å². The van der Waals surface area contributed by atoms with Gasteiger partial charge < -0.3 is 0 Å². The van der Waals surface area contributed by atoms with Crippen molar-refractivity contribution in [3.8, 4) is 11.3 Å². The van der Waals surface area contributed by atoms with Crippen LogP contribution in [-0.2, 0) is 7.05 Å². The SMILES string of the molecule is CC(=O)c1ccc2c(c1)c(-c1ccc(C)nc1)nn2C. The van der Waals surface area contributed by atoms with E-state index in [2.05, 4.69) is 10.1 Å². The molecule has 0 radical (unpaired) electrons. The van der Waals surface area contributed by atoms with Crippen molar-refractivity contribution in [2.45, 2.75) is 13.8 Å². The molecule has 3 aromatic rings. The lowest BCUT2D eigenvalue weighted by Gasteiger charge is -2.00. The molecule has 0 aliphatic carbocycles. The van der Waals surface area contributed by atoms with Crippen LogP contribution in [0.2, 0.25) is 0 Å². The fourth-order valence-electron chi connectivity index (χ4n) is 2.31. The number of ketones is 1. The first-order valence-electron chi connectivity index (χ1n) is 6.47. The summed E-state index contributed by atoms with van der Waals surface area (Å²) in [6.07, 6.45) is 1.82. The van der Waals surface area contributed by atoms with Gasteiger partial charge in [-0.1, -0.05) is 0 Å². The van der Waals surface area contributed by atoms with Crippen LogP contribution in [0.4, 0.5) is 0 Å². The number of hydrogen-bond donors (Lipinski definition) is 0. The number of Topliss-reactive ketones (excluding diaryl/α,β-unsaturated/α-hetero) is 1. The Hall–Kier alpha value is -2.49. The average Bonchev–Trinajstić information content (AvgIpc) is 2.76. The van der Waals surface area contributed by atoms with Gasteiger partial charge >= 0.3 is 0 Å². The molecule has 0 saturated heterocycles. The molecule has 0 saturated carbocycles. The van der Waals surface area contributed by atoms with Crippen LogP contribution in [0, 0.1) is 6.92 Å². The highest BCUT2D eigenvalue weighted by molar-refractivity contribution is 6.01. The van der Waals surface area contributed by atoms with Crippen LogP contribution in [-0.4, -0.2) is 20.5 Å². The molecule has 0 aliphatic heterocycles. The first-order chi connectivity index (χ1) is 9.56. The highest BCUT2D eigenvalue weighted by Crippen LogP contribution is 2.28. The maximum absolute atomic E-state index is 11.5. The smallest absolute Gasteiger partial charge is 0.159 e. The number of nitrogens with zero attached hydrogens (tertiary/aromatic N) is 3. The van der Waals surface area contributed by atoms with Crippen LogP contribution in [0.15, 0.2) is 36.5 Å². The topological polar surface area (TPSA) is 47.8 Å². The van der Waals surface area contributed by atoms with Gasteiger partial charge in [-0.3, -0.25) is 14.5 Å². The number of carbonyl (C=O) groups excluding carboxylic acids is 1. The standard InChI is InChI=1S/C16H15N3O/c1-10-4-5-13(9-17-10)16-14-8-12(11(2)20)6-7-15(14)19(3)18-16/h4-9H,1-3H3. The number of hydrogen-bond acceptors (Lipinski definition) is 3. The molecule has 3 rings (SSSR count). The maximum Gasteiger partial charge on any atom is 0.159 e. The molecule has 0 aliphatic rings. The minimum atomic E-state index is 0.0590. The molecule has 0 bridgehead atoms. The molecule has 2 heterocycles. The van der Waals surface area contributed by atoms with E-state index < -0.39 is 0 Å². The summed E-state index contributed by atoms with van der Waals surface area (Å²) in [5.74, 6) is 0.0590. The third kappa shape index (κ3) is 1.99. The Labute approximate surface area is 117 Å². The Morgan fingerprint density at radius 3 is 2.65 bits per heavy atom. The lowest BCUT2D eigenvalue weighted by Crippen LogP contribution is -1.92. The first-order valence-corrected chi connectivity index (χ1v) is 6.47. The summed E-state index contributed by atoms with van der Waals surface area (Å²) in [5.41, 5.74) is 4.50. The van der Waals surface area contributed by atoms with Crippen LogP contribution in [0.1, 0.15) is 23.0 Å². The Balaban J connectivity index is 2.27. The second-order valence-electron chi connectivity index (χ2n) is 4.95. The molecular weight excluding hydrogens is 250 g/mol. The van der Waals surface area contributed by atoms with Gasteiger partial charge in [0.25, 0.3) is 0 Å². The van der Waals surface area contributed by atoms with Crippen LogP contribution in [0.5, 0.6) is 0 Å². The monoisotopic (exact) mass is 265 g/mol. The summed E-state index contributed by atoms with van der Waals surface area (Å²) in [4.78, 5) is 15.9. The van der Waals surface area contributed by atoms with Crippen molar-refractivity contribution in [1.29, 1.82) is 0 Å². The number of aryl methyl sites for hydroxylation is 2. The van der Waals surface area contributed by atoms with Crippen LogP contribution in [0.25, 0.3) is 22.2 Å². The third-order valence-corrected chi connectivity index (χ3v) is 3.44. The van der Waals surface area contributed by atoms with Gasteiger partial charge in [0.1, 0.15) is 5.69 Å². The lowest BCUT2D eigenvalue weighted by atomic mass is 10.0. The summed E-state index contributed by atoms with van der Waals surface area (Å²) in [6.45, 7) is 3.53. The van der Waals surface area contributed by atoms with Gasteiger partial charge in [0.2, 0.25) is 0 Å². The molecule has 1 aromatic carbocycles. The van der Waals surface area contributed by atoms with Crippen molar-refractivity contribution in [2.24, 2.45) is 7.05 Å². The molecule has 100 valence electrons. The summed E-state index contributed by atoms with van der Waals surface area (Å²) < 4.78 is 1.83. The molecule has 4 nitrogen and oxygen atoms in total. The first kappa shape index (κ1) is 12.5. The molecule has 2 aromatic heterocycles. The number of aromatic nitrogens is 3. The maximum atomic E-state index is 11.5. The van der Waals surface area contributed by atoms with E-state index in [1.54, 1.807) is 6.92 Å². The van der Waals surface area contributed by atoms with Gasteiger partial charge in [0, 0.05) is 35.5 Å². The quantitative estimate of drug-likeness (QED) is 0.669. The molecular formula is C16H15N3O. The zero-order chi connectivity index (χ0) is 14.3. The number of carbonyl (C=O) groups is 1. The van der Waals surface area contributed by atoms with E-state index in [9.17, 15) is 4.79 Å². The van der Waals surface area contributed by atoms with Crippen molar-refractivity contribution in [1.82, 2.24) is 14.8 Å². The van der Waals surface area contributed by atoms with Gasteiger partial charge in [-0.2, -0.15) is 5.10 Å². The van der Waals surface area contributed by atoms with Crippen molar-refractivity contribution < 1.29 is 4.79 Å². The predicted octanol–water partition coefficient (Wildman–Crippen LogP) is 3.15. The minimum absolute atomic E-state index is 0.0590. The van der Waals surface area contributed by atoms with Crippen LogP contribution in [0.3, 0.4) is 0 Å². The summed E-state index contributed by atoms with van der Waals surface area (Å²) in [6, 6.07) is 9.64. The van der Waals surface area contributed by atoms with E-state index >= 15 is 0 Å². The molecule has 0 N–H and O–H groups in total. The van der Waals surface area contributed by atoms with Crippen LogP contribution >= 0.6 is 0 Å². The van der Waals surface area contributed by atoms with Gasteiger partial charge in [-0.05, 0) is 44.2 Å².